The molecular weight excluding hydrogens is 856 g/mol. The fraction of sp³-hybridized carbons (Fsp3) is 0.667. The summed E-state index contributed by atoms with van der Waals surface area (Å²) in [4.78, 5) is 68.6. The van der Waals surface area contributed by atoms with Crippen molar-refractivity contribution in [1.82, 2.24) is 15.1 Å². The van der Waals surface area contributed by atoms with Crippen molar-refractivity contribution in [3.8, 4) is 0 Å². The molecule has 0 saturated carbocycles. The molecule has 0 spiro atoms. The van der Waals surface area contributed by atoms with E-state index in [-0.39, 0.29) is 79.4 Å². The molecular formula is C51H80F3N3O9. The van der Waals surface area contributed by atoms with Gasteiger partial charge in [-0.25, -0.2) is 4.79 Å². The topological polar surface area (TPSA) is 152 Å². The van der Waals surface area contributed by atoms with Crippen molar-refractivity contribution < 1.29 is 56.5 Å². The number of benzene rings is 2. The number of halogens is 3. The van der Waals surface area contributed by atoms with E-state index in [0.717, 1.165) is 36.8 Å². The Morgan fingerprint density at radius 2 is 1.41 bits per heavy atom. The molecule has 2 N–H and O–H groups in total. The second-order valence-corrected chi connectivity index (χ2v) is 18.2. The maximum Gasteiger partial charge on any atom is 0.490 e. The average molecular weight is 936 g/mol. The van der Waals surface area contributed by atoms with Crippen LogP contribution < -0.4 is 5.32 Å². The number of aliphatic carboxylic acids is 1. The van der Waals surface area contributed by atoms with E-state index in [1.54, 1.807) is 33.2 Å². The smallest absolute Gasteiger partial charge is 0.475 e. The molecule has 0 unspecified atom stereocenters. The van der Waals surface area contributed by atoms with Gasteiger partial charge in [0.05, 0.1) is 50.0 Å². The Morgan fingerprint density at radius 1 is 0.848 bits per heavy atom. The fourth-order valence-electron chi connectivity index (χ4n) is 8.95. The highest BCUT2D eigenvalue weighted by Gasteiger charge is 2.43. The molecule has 12 nitrogen and oxygen atoms in total. The Kier molecular flexibility index (Phi) is 26.8. The molecule has 1 aliphatic rings. The zero-order valence-electron chi connectivity index (χ0n) is 40.4. The van der Waals surface area contributed by atoms with Crippen LogP contribution in [0.1, 0.15) is 106 Å². The second kappa shape index (κ2) is 29.6. The second-order valence-electron chi connectivity index (χ2n) is 18.2. The first-order valence-electron chi connectivity index (χ1n) is 22.9. The lowest BCUT2D eigenvalue weighted by atomic mass is 9.84. The van der Waals surface area contributed by atoms with Gasteiger partial charge in [-0.3, -0.25) is 19.2 Å². The summed E-state index contributed by atoms with van der Waals surface area (Å²) in [5.74, 6) is -3.72. The number of Topliss-reactive ketones (excluding diaryl/α,β-unsaturated/α-hetero) is 2. The highest BCUT2D eigenvalue weighted by atomic mass is 19.4. The number of likely N-dealkylation sites (tertiary alicyclic amines) is 1. The Labute approximate surface area is 392 Å². The van der Waals surface area contributed by atoms with E-state index in [1.165, 1.54) is 0 Å². The molecule has 0 bridgehead atoms. The number of carbonyl (C=O) groups is 5. The quantitative estimate of drug-likeness (QED) is 0.0938. The number of ether oxygens (including phenoxy) is 3. The molecule has 2 aromatic rings. The number of carboxylic acid groups (broad SMARTS) is 1. The van der Waals surface area contributed by atoms with Gasteiger partial charge in [0.25, 0.3) is 0 Å². The van der Waals surface area contributed by atoms with E-state index in [9.17, 15) is 32.3 Å². The number of amides is 2. The Morgan fingerprint density at radius 3 is 1.88 bits per heavy atom. The zero-order chi connectivity index (χ0) is 49.0. The van der Waals surface area contributed by atoms with Gasteiger partial charge in [0, 0.05) is 52.5 Å². The van der Waals surface area contributed by atoms with Crippen LogP contribution in [-0.4, -0.2) is 122 Å². The van der Waals surface area contributed by atoms with E-state index >= 15 is 0 Å². The number of ketones is 2. The van der Waals surface area contributed by atoms with Crippen molar-refractivity contribution in [2.45, 2.75) is 144 Å². The Hall–Kier alpha value is -4.18. The molecule has 66 heavy (non-hydrogen) atoms. The number of carboxylic acids is 1. The highest BCUT2D eigenvalue weighted by molar-refractivity contribution is 5.90. The minimum Gasteiger partial charge on any atom is -0.475 e. The highest BCUT2D eigenvalue weighted by Crippen LogP contribution is 2.32. The summed E-state index contributed by atoms with van der Waals surface area (Å²) in [6, 6.07) is 19.3. The fourth-order valence-corrected chi connectivity index (χ4v) is 8.95. The van der Waals surface area contributed by atoms with Gasteiger partial charge >= 0.3 is 12.1 Å². The number of carbonyl (C=O) groups excluding carboxylic acids is 4. The number of nitrogens with one attached hydrogen (secondary N) is 1. The van der Waals surface area contributed by atoms with Crippen molar-refractivity contribution in [1.29, 1.82) is 0 Å². The van der Waals surface area contributed by atoms with Crippen LogP contribution in [0.4, 0.5) is 13.2 Å². The van der Waals surface area contributed by atoms with E-state index in [1.807, 2.05) is 88.0 Å². The molecule has 0 aliphatic carbocycles. The Balaban J connectivity index is 0.00000251. The minimum atomic E-state index is -5.08. The summed E-state index contributed by atoms with van der Waals surface area (Å²) in [6.07, 6.45) is -2.54. The summed E-state index contributed by atoms with van der Waals surface area (Å²) in [7, 11) is 6.81. The monoisotopic (exact) mass is 936 g/mol. The van der Waals surface area contributed by atoms with Gasteiger partial charge in [-0.05, 0) is 61.1 Å². The van der Waals surface area contributed by atoms with Crippen LogP contribution in [0.2, 0.25) is 0 Å². The van der Waals surface area contributed by atoms with Crippen LogP contribution in [0.15, 0.2) is 60.7 Å². The first kappa shape index (κ1) is 59.8. The van der Waals surface area contributed by atoms with Crippen molar-refractivity contribution in [3.05, 3.63) is 71.8 Å². The van der Waals surface area contributed by atoms with Gasteiger partial charge in [-0.15, -0.1) is 0 Å². The van der Waals surface area contributed by atoms with Crippen LogP contribution in [0.3, 0.4) is 0 Å². The molecule has 15 heteroatoms. The van der Waals surface area contributed by atoms with Gasteiger partial charge < -0.3 is 34.4 Å². The Bertz CT molecular complexity index is 1750. The molecule has 3 rings (SSSR count). The van der Waals surface area contributed by atoms with Gasteiger partial charge in [0.1, 0.15) is 5.78 Å². The third kappa shape index (κ3) is 18.5. The molecule has 1 aliphatic heterocycles. The maximum absolute atomic E-state index is 14.4. The summed E-state index contributed by atoms with van der Waals surface area (Å²) < 4.78 is 50.1. The lowest BCUT2D eigenvalue weighted by molar-refractivity contribution is -0.192. The lowest BCUT2D eigenvalue weighted by Gasteiger charge is -2.41. The summed E-state index contributed by atoms with van der Waals surface area (Å²) in [5.41, 5.74) is 2.25. The molecule has 0 aromatic heterocycles. The number of hydrogen-bond acceptors (Lipinski definition) is 9. The predicted octanol–water partition coefficient (Wildman–Crippen LogP) is 8.69. The van der Waals surface area contributed by atoms with Gasteiger partial charge in [0.15, 0.2) is 5.78 Å². The van der Waals surface area contributed by atoms with E-state index in [4.69, 9.17) is 24.1 Å². The minimum absolute atomic E-state index is 0. The first-order chi connectivity index (χ1) is 30.6. The van der Waals surface area contributed by atoms with Crippen LogP contribution in [-0.2, 0) is 51.2 Å². The third-order valence-electron chi connectivity index (χ3n) is 12.8. The summed E-state index contributed by atoms with van der Waals surface area (Å²) >= 11 is 0. The van der Waals surface area contributed by atoms with Crippen molar-refractivity contribution in [2.24, 2.45) is 35.5 Å². The number of methoxy groups -OCH3 is 2. The molecule has 2 aromatic carbocycles. The summed E-state index contributed by atoms with van der Waals surface area (Å²) in [5, 5.41) is 10.3. The standard InChI is InChI=1S/C48H75N3O7.C2HF3O2.CH4/c1-12-34(6)46(50(9)48(55)39(32(2)3)28-42(53)45(49-8)33(4)5)43(56-10)29-44(54)51-25-19-24-40(51)47(57-11)35(7)41(52)27-38(26-36-20-15-13-16-21-36)31-58-30-37-22-17-14-18-23-37;3-2(4,5)1(6)7;/h13-18,20-23,32-35,38-40,43,45-47,49H,12,19,24-31H2,1-11H3;(H,6,7);1H4/t34-,35-,38+,39-,40-,43+,45-,46-,47+;;/m0../s1. The number of likely N-dealkylation sites (N-methyl/N-ethyl adjacent to an activating group) is 2. The molecule has 374 valence electrons. The molecule has 1 fully saturated rings. The lowest BCUT2D eigenvalue weighted by Crippen LogP contribution is -2.54. The van der Waals surface area contributed by atoms with Gasteiger partial charge in [0.2, 0.25) is 11.8 Å². The van der Waals surface area contributed by atoms with Crippen LogP contribution in [0, 0.1) is 35.5 Å². The number of hydrogen-bond donors (Lipinski definition) is 2. The molecule has 0 radical (unpaired) electrons. The van der Waals surface area contributed by atoms with Crippen molar-refractivity contribution in [2.75, 3.05) is 41.5 Å². The maximum atomic E-state index is 14.4. The van der Waals surface area contributed by atoms with Crippen LogP contribution >= 0.6 is 0 Å². The number of rotatable bonds is 26. The van der Waals surface area contributed by atoms with Crippen LogP contribution in [0.25, 0.3) is 0 Å². The molecule has 1 heterocycles. The normalized spacial score (nSPS) is 17.6. The predicted molar refractivity (Wildman–Crippen MR) is 252 cm³/mol. The van der Waals surface area contributed by atoms with Crippen molar-refractivity contribution >= 4 is 29.4 Å². The van der Waals surface area contributed by atoms with Gasteiger partial charge in [-0.2, -0.15) is 13.2 Å². The average Bonchev–Trinajstić information content (AvgIpc) is 3.75. The molecule has 9 atom stereocenters. The summed E-state index contributed by atoms with van der Waals surface area (Å²) in [6.45, 7) is 15.5. The van der Waals surface area contributed by atoms with Crippen molar-refractivity contribution in [3.63, 3.8) is 0 Å². The van der Waals surface area contributed by atoms with E-state index in [2.05, 4.69) is 31.3 Å². The number of alkyl halides is 3. The first-order valence-corrected chi connectivity index (χ1v) is 22.9. The third-order valence-corrected chi connectivity index (χ3v) is 12.8. The van der Waals surface area contributed by atoms with E-state index in [0.29, 0.717) is 26.2 Å². The number of nitrogens with zero attached hydrogens (tertiary/aromatic N) is 2. The zero-order valence-corrected chi connectivity index (χ0v) is 40.4. The molecule has 1 saturated heterocycles. The van der Waals surface area contributed by atoms with Gasteiger partial charge in [-0.1, -0.05) is 123 Å². The SMILES string of the molecule is C.CC[C@H](C)[C@@H]([C@@H](CC(=O)N1CCC[C@H]1[C@H](OC)[C@@H](C)C(=O)C[C@H](COCc1ccccc1)Cc1ccccc1)OC)N(C)C(=O)[C@@H](CC(=O)[C@@H](NC)C(C)C)C(C)C.O=C(O)C(F)(F)F. The molecule has 2 amide bonds. The largest absolute Gasteiger partial charge is 0.490 e. The van der Waals surface area contributed by atoms with Crippen LogP contribution in [0.5, 0.6) is 0 Å². The van der Waals surface area contributed by atoms with E-state index < -0.39 is 42.2 Å².